The maximum absolute atomic E-state index is 12.6. The second kappa shape index (κ2) is 38.9. The van der Waals surface area contributed by atoms with Crippen molar-refractivity contribution in [3.05, 3.63) is 36.5 Å². The monoisotopic (exact) mass is 756 g/mol. The molecule has 304 valence electrons. The van der Waals surface area contributed by atoms with Gasteiger partial charge in [0.05, 0.1) is 13.2 Å². The molecule has 0 heterocycles. The van der Waals surface area contributed by atoms with E-state index in [1.807, 2.05) is 0 Å². The Hall–Kier alpha value is -1.77. The summed E-state index contributed by atoms with van der Waals surface area (Å²) in [6.07, 6.45) is 41.7. The van der Waals surface area contributed by atoms with E-state index in [4.69, 9.17) is 24.3 Å². The van der Waals surface area contributed by atoms with Gasteiger partial charge in [-0.2, -0.15) is 0 Å². The lowest BCUT2D eigenvalue weighted by Gasteiger charge is -2.19. The molecule has 0 amide bonds. The van der Waals surface area contributed by atoms with Gasteiger partial charge in [-0.25, -0.2) is 4.57 Å². The first kappa shape index (κ1) is 50.2. The van der Waals surface area contributed by atoms with Crippen molar-refractivity contribution in [2.75, 3.05) is 26.4 Å². The molecule has 0 aliphatic heterocycles. The number of allylic oxidation sites excluding steroid dienone is 6. The second-order valence-corrected chi connectivity index (χ2v) is 15.3. The van der Waals surface area contributed by atoms with Crippen LogP contribution in [-0.2, 0) is 32.7 Å². The van der Waals surface area contributed by atoms with E-state index >= 15 is 0 Å². The summed E-state index contributed by atoms with van der Waals surface area (Å²) in [7, 11) is -4.38. The van der Waals surface area contributed by atoms with Crippen LogP contribution >= 0.6 is 7.82 Å². The van der Waals surface area contributed by atoms with Crippen LogP contribution in [0.5, 0.6) is 0 Å². The maximum Gasteiger partial charge on any atom is 0.472 e. The van der Waals surface area contributed by atoms with Gasteiger partial charge in [0.15, 0.2) is 6.10 Å². The van der Waals surface area contributed by atoms with Gasteiger partial charge < -0.3 is 20.1 Å². The molecule has 0 aromatic rings. The molecule has 3 N–H and O–H groups in total. The van der Waals surface area contributed by atoms with Crippen LogP contribution in [0.25, 0.3) is 0 Å². The van der Waals surface area contributed by atoms with Gasteiger partial charge in [0, 0.05) is 19.4 Å². The molecule has 0 bridgehead atoms. The highest BCUT2D eigenvalue weighted by Crippen LogP contribution is 2.43. The molecule has 0 aromatic heterocycles. The molecule has 1 unspecified atom stereocenters. The molecule has 0 aliphatic rings. The predicted octanol–water partition coefficient (Wildman–Crippen LogP) is 11.8. The zero-order valence-electron chi connectivity index (χ0n) is 33.3. The van der Waals surface area contributed by atoms with Gasteiger partial charge in [-0.05, 0) is 64.2 Å². The molecule has 0 radical (unpaired) electrons. The summed E-state index contributed by atoms with van der Waals surface area (Å²) in [5.74, 6) is -0.846. The number of unbranched alkanes of at least 4 members (excludes halogenated alkanes) is 20. The lowest BCUT2D eigenvalue weighted by atomic mass is 10.1. The van der Waals surface area contributed by atoms with Crippen molar-refractivity contribution < 1.29 is 37.6 Å². The van der Waals surface area contributed by atoms with E-state index in [1.54, 1.807) is 0 Å². The summed E-state index contributed by atoms with van der Waals surface area (Å²) >= 11 is 0. The molecule has 0 spiro atoms. The highest BCUT2D eigenvalue weighted by atomic mass is 31.2. The fourth-order valence-electron chi connectivity index (χ4n) is 5.59. The number of hydrogen-bond donors (Lipinski definition) is 2. The molecule has 0 saturated carbocycles. The normalized spacial score (nSPS) is 13.7. The third kappa shape index (κ3) is 38.0. The van der Waals surface area contributed by atoms with E-state index in [0.29, 0.717) is 12.8 Å². The minimum Gasteiger partial charge on any atom is -0.462 e. The second-order valence-electron chi connectivity index (χ2n) is 13.8. The van der Waals surface area contributed by atoms with Crippen LogP contribution in [-0.4, -0.2) is 49.3 Å². The van der Waals surface area contributed by atoms with E-state index < -0.39 is 32.5 Å². The minimum atomic E-state index is -4.38. The van der Waals surface area contributed by atoms with Crippen molar-refractivity contribution in [3.8, 4) is 0 Å². The number of ether oxygens (including phenoxy) is 2. The average Bonchev–Trinajstić information content (AvgIpc) is 3.13. The standard InChI is InChI=1S/C42H78NO8P/c1-3-5-7-9-11-13-15-17-19-20-21-23-25-27-29-31-33-35-42(45)51-40(39-50-52(46,47)49-37-36-43)38-48-41(44)34-32-30-28-26-24-22-18-16-14-12-10-8-6-4-2/h10,12-13,15-16,18,40H,3-9,11,14,17,19-39,43H2,1-2H3,(H,46,47)/b12-10+,15-13+,18-16+/t40-/m1/s1. The number of phosphoric ester groups is 1. The first-order valence-corrected chi connectivity index (χ1v) is 22.5. The van der Waals surface area contributed by atoms with Gasteiger partial charge in [0.1, 0.15) is 6.61 Å². The van der Waals surface area contributed by atoms with Crippen molar-refractivity contribution in [2.45, 2.75) is 193 Å². The van der Waals surface area contributed by atoms with Crippen LogP contribution in [0.1, 0.15) is 187 Å². The van der Waals surface area contributed by atoms with E-state index in [1.165, 1.54) is 83.5 Å². The maximum atomic E-state index is 12.6. The number of esters is 2. The Morgan fingerprint density at radius 1 is 0.577 bits per heavy atom. The number of rotatable bonds is 39. The first-order chi connectivity index (χ1) is 25.3. The van der Waals surface area contributed by atoms with Gasteiger partial charge in [-0.3, -0.25) is 18.6 Å². The largest absolute Gasteiger partial charge is 0.472 e. The Bertz CT molecular complexity index is 954. The molecule has 10 heteroatoms. The van der Waals surface area contributed by atoms with Crippen molar-refractivity contribution in [2.24, 2.45) is 5.73 Å². The Morgan fingerprint density at radius 3 is 1.54 bits per heavy atom. The lowest BCUT2D eigenvalue weighted by Crippen LogP contribution is -2.29. The van der Waals surface area contributed by atoms with Crippen molar-refractivity contribution >= 4 is 19.8 Å². The molecule has 0 aliphatic carbocycles. The number of carbonyl (C=O) groups is 2. The number of carbonyl (C=O) groups excluding carboxylic acids is 2. The molecular formula is C42H78NO8P. The van der Waals surface area contributed by atoms with Gasteiger partial charge >= 0.3 is 19.8 Å². The topological polar surface area (TPSA) is 134 Å². The van der Waals surface area contributed by atoms with Crippen LogP contribution in [0.4, 0.5) is 0 Å². The number of phosphoric acid groups is 1. The molecule has 52 heavy (non-hydrogen) atoms. The smallest absolute Gasteiger partial charge is 0.462 e. The summed E-state index contributed by atoms with van der Waals surface area (Å²) in [5.41, 5.74) is 5.34. The van der Waals surface area contributed by atoms with Crippen LogP contribution in [0.2, 0.25) is 0 Å². The zero-order chi connectivity index (χ0) is 38.2. The van der Waals surface area contributed by atoms with Gasteiger partial charge in [-0.1, -0.05) is 147 Å². The van der Waals surface area contributed by atoms with E-state index in [9.17, 15) is 19.0 Å². The van der Waals surface area contributed by atoms with Gasteiger partial charge in [-0.15, -0.1) is 0 Å². The fourth-order valence-corrected chi connectivity index (χ4v) is 6.35. The average molecular weight is 756 g/mol. The summed E-state index contributed by atoms with van der Waals surface area (Å²) in [5, 5.41) is 0. The summed E-state index contributed by atoms with van der Waals surface area (Å²) in [6, 6.07) is 0. The van der Waals surface area contributed by atoms with E-state index in [2.05, 4.69) is 50.3 Å². The zero-order valence-corrected chi connectivity index (χ0v) is 34.2. The minimum absolute atomic E-state index is 0.0508. The van der Waals surface area contributed by atoms with Crippen molar-refractivity contribution in [3.63, 3.8) is 0 Å². The Labute approximate surface area is 318 Å². The Balaban J connectivity index is 4.18. The highest BCUT2D eigenvalue weighted by molar-refractivity contribution is 7.47. The molecule has 9 nitrogen and oxygen atoms in total. The van der Waals surface area contributed by atoms with Crippen molar-refractivity contribution in [1.82, 2.24) is 0 Å². The Morgan fingerprint density at radius 2 is 1.02 bits per heavy atom. The van der Waals surface area contributed by atoms with Gasteiger partial charge in [0.25, 0.3) is 0 Å². The summed E-state index contributed by atoms with van der Waals surface area (Å²) in [4.78, 5) is 34.8. The van der Waals surface area contributed by atoms with Crippen molar-refractivity contribution in [1.29, 1.82) is 0 Å². The van der Waals surface area contributed by atoms with Crippen LogP contribution in [0.15, 0.2) is 36.5 Å². The third-order valence-electron chi connectivity index (χ3n) is 8.75. The molecule has 0 aromatic carbocycles. The van der Waals surface area contributed by atoms with Crippen LogP contribution in [0.3, 0.4) is 0 Å². The van der Waals surface area contributed by atoms with E-state index in [-0.39, 0.29) is 32.6 Å². The lowest BCUT2D eigenvalue weighted by molar-refractivity contribution is -0.161. The van der Waals surface area contributed by atoms with Gasteiger partial charge in [0.2, 0.25) is 0 Å². The fraction of sp³-hybridized carbons (Fsp3) is 0.810. The molecular weight excluding hydrogens is 677 g/mol. The summed E-state index contributed by atoms with van der Waals surface area (Å²) < 4.78 is 32.7. The third-order valence-corrected chi connectivity index (χ3v) is 9.73. The van der Waals surface area contributed by atoms with E-state index in [0.717, 1.165) is 64.2 Å². The highest BCUT2D eigenvalue weighted by Gasteiger charge is 2.26. The molecule has 2 atom stereocenters. The quantitative estimate of drug-likeness (QED) is 0.0272. The summed E-state index contributed by atoms with van der Waals surface area (Å²) in [6.45, 7) is 3.66. The predicted molar refractivity (Wildman–Crippen MR) is 215 cm³/mol. The molecule has 0 rings (SSSR count). The molecule has 0 fully saturated rings. The Kier molecular flexibility index (Phi) is 37.6. The first-order valence-electron chi connectivity index (χ1n) is 21.0. The number of nitrogens with two attached hydrogens (primary N) is 1. The number of hydrogen-bond acceptors (Lipinski definition) is 8. The van der Waals surface area contributed by atoms with Crippen LogP contribution < -0.4 is 5.73 Å². The molecule has 0 saturated heterocycles. The van der Waals surface area contributed by atoms with Crippen LogP contribution in [0, 0.1) is 0 Å². The SMILES string of the molecule is CCCC/C=C/C/C=C/CCCCCCCC(=O)OC[C@H](COP(=O)(O)OCCN)OC(=O)CCCCCCCCCCC/C=C/CCCCCC.